The number of hydrazone groups is 1. The third-order valence-corrected chi connectivity index (χ3v) is 3.91. The van der Waals surface area contributed by atoms with Gasteiger partial charge in [-0.25, -0.2) is 15.2 Å². The third kappa shape index (κ3) is 4.83. The standard InChI is InChI=1S/C19H24FN7/c1-3-5-15(20)8-12(2)27(24)19(26-23)17-10-14(11-25-18(17)22)13-6-4-7-16(21)9-13/h3-12H,21,23-24H2,1-2H3,(H2,22,25)/b5-3-,15-8+,26-19-. The Morgan fingerprint density at radius 3 is 2.63 bits per heavy atom. The number of amidine groups is 1. The van der Waals surface area contributed by atoms with Gasteiger partial charge in [-0.15, -0.1) is 0 Å². The van der Waals surface area contributed by atoms with Gasteiger partial charge in [0.2, 0.25) is 0 Å². The van der Waals surface area contributed by atoms with E-state index in [0.717, 1.165) is 11.1 Å². The Morgan fingerprint density at radius 1 is 1.26 bits per heavy atom. The predicted octanol–water partition coefficient (Wildman–Crippen LogP) is 2.53. The lowest BCUT2D eigenvalue weighted by Crippen LogP contribution is -2.44. The van der Waals surface area contributed by atoms with Crippen molar-refractivity contribution in [2.45, 2.75) is 19.9 Å². The van der Waals surface area contributed by atoms with Gasteiger partial charge in [0.15, 0.2) is 5.84 Å². The predicted molar refractivity (Wildman–Crippen MR) is 109 cm³/mol. The maximum Gasteiger partial charge on any atom is 0.173 e. The van der Waals surface area contributed by atoms with Crippen LogP contribution in [0.5, 0.6) is 0 Å². The van der Waals surface area contributed by atoms with Crippen LogP contribution in [0.15, 0.2) is 65.7 Å². The Labute approximate surface area is 157 Å². The first-order valence-electron chi connectivity index (χ1n) is 8.31. The van der Waals surface area contributed by atoms with Crippen molar-refractivity contribution in [1.82, 2.24) is 9.99 Å². The van der Waals surface area contributed by atoms with E-state index in [-0.39, 0.29) is 11.7 Å². The molecule has 8 heteroatoms. The van der Waals surface area contributed by atoms with Gasteiger partial charge in [0, 0.05) is 17.4 Å². The molecule has 0 saturated carbocycles. The van der Waals surface area contributed by atoms with E-state index in [1.54, 1.807) is 38.3 Å². The number of aromatic nitrogens is 1. The molecule has 1 heterocycles. The van der Waals surface area contributed by atoms with Crippen molar-refractivity contribution < 1.29 is 4.39 Å². The van der Waals surface area contributed by atoms with Crippen LogP contribution in [-0.2, 0) is 0 Å². The van der Waals surface area contributed by atoms with Crippen LogP contribution in [-0.4, -0.2) is 21.9 Å². The molecule has 7 nitrogen and oxygen atoms in total. The average molecular weight is 369 g/mol. The van der Waals surface area contributed by atoms with E-state index >= 15 is 0 Å². The average Bonchev–Trinajstić information content (AvgIpc) is 2.63. The van der Waals surface area contributed by atoms with Gasteiger partial charge in [-0.05, 0) is 49.8 Å². The highest BCUT2D eigenvalue weighted by Gasteiger charge is 2.19. The molecule has 1 atom stereocenters. The summed E-state index contributed by atoms with van der Waals surface area (Å²) in [5, 5.41) is 4.98. The molecule has 1 aromatic heterocycles. The van der Waals surface area contributed by atoms with E-state index in [0.29, 0.717) is 11.3 Å². The quantitative estimate of drug-likeness (QED) is 0.160. The van der Waals surface area contributed by atoms with Crippen molar-refractivity contribution in [3.63, 3.8) is 0 Å². The molecule has 0 spiro atoms. The molecule has 0 radical (unpaired) electrons. The van der Waals surface area contributed by atoms with E-state index in [1.807, 2.05) is 18.2 Å². The van der Waals surface area contributed by atoms with Crippen LogP contribution in [0.1, 0.15) is 19.4 Å². The molecule has 1 unspecified atom stereocenters. The molecule has 1 aromatic carbocycles. The van der Waals surface area contributed by atoms with Crippen LogP contribution < -0.4 is 23.2 Å². The summed E-state index contributed by atoms with van der Waals surface area (Å²) in [5.41, 5.74) is 14.5. The maximum absolute atomic E-state index is 13.8. The Bertz CT molecular complexity index is 889. The van der Waals surface area contributed by atoms with Crippen molar-refractivity contribution in [2.75, 3.05) is 11.5 Å². The molecule has 0 amide bonds. The molecular formula is C19H24FN7. The number of hydrazine groups is 1. The lowest BCUT2D eigenvalue weighted by atomic mass is 10.0. The molecule has 0 bridgehead atoms. The summed E-state index contributed by atoms with van der Waals surface area (Å²) in [6, 6.07) is 8.57. The number of hydrogen-bond acceptors (Lipinski definition) is 6. The largest absolute Gasteiger partial charge is 0.399 e. The smallest absolute Gasteiger partial charge is 0.173 e. The van der Waals surface area contributed by atoms with Crippen molar-refractivity contribution in [3.05, 3.63) is 66.1 Å². The SMILES string of the molecule is C/C=C\C(F)=C/C(C)N(N)/C(=N\N)c1cc(-c2cccc(N)c2)cnc1N. The highest BCUT2D eigenvalue weighted by Crippen LogP contribution is 2.25. The third-order valence-electron chi connectivity index (χ3n) is 3.91. The molecule has 0 aliphatic rings. The number of nitrogen functional groups attached to an aromatic ring is 2. The molecule has 27 heavy (non-hydrogen) atoms. The van der Waals surface area contributed by atoms with Gasteiger partial charge in [-0.2, -0.15) is 5.10 Å². The molecule has 0 aliphatic carbocycles. The van der Waals surface area contributed by atoms with Crippen molar-refractivity contribution in [2.24, 2.45) is 16.8 Å². The summed E-state index contributed by atoms with van der Waals surface area (Å²) in [7, 11) is 0. The lowest BCUT2D eigenvalue weighted by Gasteiger charge is -2.25. The Kier molecular flexibility index (Phi) is 6.51. The van der Waals surface area contributed by atoms with Gasteiger partial charge in [-0.3, -0.25) is 5.01 Å². The van der Waals surface area contributed by atoms with Crippen molar-refractivity contribution in [1.29, 1.82) is 0 Å². The minimum atomic E-state index is -0.529. The molecule has 0 aliphatic heterocycles. The number of anilines is 2. The zero-order valence-electron chi connectivity index (χ0n) is 15.3. The second-order valence-corrected chi connectivity index (χ2v) is 5.93. The molecule has 8 N–H and O–H groups in total. The Hall–Kier alpha value is -3.39. The van der Waals surface area contributed by atoms with E-state index in [1.165, 1.54) is 17.2 Å². The van der Waals surface area contributed by atoms with Gasteiger partial charge in [-0.1, -0.05) is 18.2 Å². The number of halogens is 1. The number of benzene rings is 1. The van der Waals surface area contributed by atoms with Crippen LogP contribution in [0, 0.1) is 0 Å². The first kappa shape index (κ1) is 19.9. The zero-order chi connectivity index (χ0) is 20.0. The highest BCUT2D eigenvalue weighted by atomic mass is 19.1. The maximum atomic E-state index is 13.8. The van der Waals surface area contributed by atoms with Gasteiger partial charge >= 0.3 is 0 Å². The first-order valence-corrected chi connectivity index (χ1v) is 8.31. The van der Waals surface area contributed by atoms with Crippen LogP contribution in [0.4, 0.5) is 15.9 Å². The topological polar surface area (TPSA) is 133 Å². The summed E-state index contributed by atoms with van der Waals surface area (Å²) >= 11 is 0. The molecule has 0 fully saturated rings. The molecule has 142 valence electrons. The number of allylic oxidation sites excluding steroid dienone is 3. The van der Waals surface area contributed by atoms with Crippen molar-refractivity contribution >= 4 is 17.3 Å². The van der Waals surface area contributed by atoms with E-state index in [4.69, 9.17) is 23.2 Å². The normalized spacial score (nSPS) is 13.8. The molecule has 2 rings (SSSR count). The number of nitrogens with two attached hydrogens (primary N) is 4. The van der Waals surface area contributed by atoms with E-state index in [9.17, 15) is 4.39 Å². The second kappa shape index (κ2) is 8.81. The van der Waals surface area contributed by atoms with Crippen LogP contribution >= 0.6 is 0 Å². The number of rotatable bonds is 5. The summed E-state index contributed by atoms with van der Waals surface area (Å²) in [6.07, 6.45) is 5.89. The fourth-order valence-corrected chi connectivity index (χ4v) is 2.52. The van der Waals surface area contributed by atoms with Crippen LogP contribution in [0.25, 0.3) is 11.1 Å². The van der Waals surface area contributed by atoms with Crippen LogP contribution in [0.3, 0.4) is 0 Å². The fourth-order valence-electron chi connectivity index (χ4n) is 2.52. The first-order chi connectivity index (χ1) is 12.9. The van der Waals surface area contributed by atoms with Crippen molar-refractivity contribution in [3.8, 4) is 11.1 Å². The minimum Gasteiger partial charge on any atom is -0.399 e. The van der Waals surface area contributed by atoms with Crippen LogP contribution in [0.2, 0.25) is 0 Å². The van der Waals surface area contributed by atoms with E-state index < -0.39 is 11.9 Å². The van der Waals surface area contributed by atoms with Gasteiger partial charge < -0.3 is 17.3 Å². The fraction of sp³-hybridized carbons (Fsp3) is 0.158. The molecular weight excluding hydrogens is 345 g/mol. The molecule has 0 saturated heterocycles. The van der Waals surface area contributed by atoms with E-state index in [2.05, 4.69) is 10.1 Å². The van der Waals surface area contributed by atoms with Gasteiger partial charge in [0.05, 0.1) is 11.6 Å². The second-order valence-electron chi connectivity index (χ2n) is 5.93. The summed E-state index contributed by atoms with van der Waals surface area (Å²) in [5.74, 6) is 11.6. The molecule has 2 aromatic rings. The number of hydrogen-bond donors (Lipinski definition) is 4. The summed E-state index contributed by atoms with van der Waals surface area (Å²) in [4.78, 5) is 4.20. The van der Waals surface area contributed by atoms with Gasteiger partial charge in [0.25, 0.3) is 0 Å². The Morgan fingerprint density at radius 2 is 2.00 bits per heavy atom. The highest BCUT2D eigenvalue weighted by molar-refractivity contribution is 6.03. The number of nitrogens with zero attached hydrogens (tertiary/aromatic N) is 3. The number of pyridine rings is 1. The zero-order valence-corrected chi connectivity index (χ0v) is 15.3. The summed E-state index contributed by atoms with van der Waals surface area (Å²) in [6.45, 7) is 3.43. The monoisotopic (exact) mass is 369 g/mol. The van der Waals surface area contributed by atoms with Gasteiger partial charge in [0.1, 0.15) is 11.6 Å². The summed E-state index contributed by atoms with van der Waals surface area (Å²) < 4.78 is 13.8. The Balaban J connectivity index is 2.42. The minimum absolute atomic E-state index is 0.183. The lowest BCUT2D eigenvalue weighted by molar-refractivity contribution is 0.388.